The Morgan fingerprint density at radius 1 is 1.29 bits per heavy atom. The Morgan fingerprint density at radius 3 is 2.71 bits per heavy atom. The first-order valence-electron chi connectivity index (χ1n) is 7.74. The van der Waals surface area contributed by atoms with E-state index in [9.17, 15) is 0 Å². The topological polar surface area (TPSA) is 45.7 Å². The largest absolute Gasteiger partial charge is 0.496 e. The van der Waals surface area contributed by atoms with Gasteiger partial charge in [0, 0.05) is 25.7 Å². The van der Waals surface area contributed by atoms with Crippen LogP contribution in [0.5, 0.6) is 5.75 Å². The van der Waals surface area contributed by atoms with Gasteiger partial charge in [0.1, 0.15) is 5.75 Å². The van der Waals surface area contributed by atoms with Crippen LogP contribution in [0.4, 0.5) is 0 Å². The molecule has 2 rings (SSSR count). The summed E-state index contributed by atoms with van der Waals surface area (Å²) in [6, 6.07) is 8.40. The van der Waals surface area contributed by atoms with E-state index in [0.717, 1.165) is 23.8 Å². The van der Waals surface area contributed by atoms with Crippen molar-refractivity contribution in [2.75, 3.05) is 20.7 Å². The summed E-state index contributed by atoms with van der Waals surface area (Å²) in [5, 5.41) is 11.0. The SMILES string of the molecule is CN=C(NCc1ccc(C)cc1OC)NCC(C)c1ccsc1.I. The van der Waals surface area contributed by atoms with Gasteiger partial charge in [-0.3, -0.25) is 4.99 Å². The summed E-state index contributed by atoms with van der Waals surface area (Å²) in [6.45, 7) is 5.80. The van der Waals surface area contributed by atoms with Gasteiger partial charge in [0.15, 0.2) is 5.96 Å². The fourth-order valence-corrected chi connectivity index (χ4v) is 3.10. The summed E-state index contributed by atoms with van der Waals surface area (Å²) in [5.74, 6) is 2.16. The molecule has 1 aromatic carbocycles. The third-order valence-corrected chi connectivity index (χ3v) is 4.50. The van der Waals surface area contributed by atoms with Gasteiger partial charge in [-0.1, -0.05) is 19.1 Å². The van der Waals surface area contributed by atoms with Crippen molar-refractivity contribution >= 4 is 41.3 Å². The molecule has 1 heterocycles. The second-order valence-corrected chi connectivity index (χ2v) is 6.36. The summed E-state index contributed by atoms with van der Waals surface area (Å²) in [5.41, 5.74) is 3.67. The second kappa shape index (κ2) is 10.6. The van der Waals surface area contributed by atoms with Gasteiger partial charge in [-0.05, 0) is 46.9 Å². The van der Waals surface area contributed by atoms with Crippen molar-refractivity contribution in [1.82, 2.24) is 10.6 Å². The molecule has 0 bridgehead atoms. The number of hydrogen-bond acceptors (Lipinski definition) is 3. The lowest BCUT2D eigenvalue weighted by Crippen LogP contribution is -2.38. The Labute approximate surface area is 165 Å². The summed E-state index contributed by atoms with van der Waals surface area (Å²) >= 11 is 1.73. The molecule has 1 aromatic heterocycles. The third kappa shape index (κ3) is 5.98. The molecule has 132 valence electrons. The zero-order valence-electron chi connectivity index (χ0n) is 14.6. The van der Waals surface area contributed by atoms with Crippen molar-refractivity contribution in [2.24, 2.45) is 4.99 Å². The van der Waals surface area contributed by atoms with E-state index >= 15 is 0 Å². The number of ether oxygens (including phenoxy) is 1. The van der Waals surface area contributed by atoms with Crippen LogP contribution in [0.1, 0.15) is 29.5 Å². The maximum Gasteiger partial charge on any atom is 0.191 e. The van der Waals surface area contributed by atoms with Crippen LogP contribution in [0.2, 0.25) is 0 Å². The molecule has 0 aliphatic heterocycles. The smallest absolute Gasteiger partial charge is 0.191 e. The zero-order chi connectivity index (χ0) is 16.7. The highest BCUT2D eigenvalue weighted by Gasteiger charge is 2.08. The first kappa shape index (κ1) is 20.8. The molecule has 0 aliphatic rings. The summed E-state index contributed by atoms with van der Waals surface area (Å²) in [6.07, 6.45) is 0. The number of aliphatic imine (C=N–C) groups is 1. The molecule has 2 aromatic rings. The van der Waals surface area contributed by atoms with E-state index < -0.39 is 0 Å². The zero-order valence-corrected chi connectivity index (χ0v) is 17.8. The Hall–Kier alpha value is -1.28. The fraction of sp³-hybridized carbons (Fsp3) is 0.389. The highest BCUT2D eigenvalue weighted by atomic mass is 127. The maximum absolute atomic E-state index is 5.44. The van der Waals surface area contributed by atoms with Crippen molar-refractivity contribution in [3.05, 3.63) is 51.7 Å². The Morgan fingerprint density at radius 2 is 2.08 bits per heavy atom. The third-order valence-electron chi connectivity index (χ3n) is 3.80. The van der Waals surface area contributed by atoms with Crippen LogP contribution >= 0.6 is 35.3 Å². The molecular formula is C18H26IN3OS. The number of methoxy groups -OCH3 is 1. The van der Waals surface area contributed by atoms with E-state index in [1.165, 1.54) is 11.1 Å². The Bertz CT molecular complexity index is 644. The minimum absolute atomic E-state index is 0. The van der Waals surface area contributed by atoms with E-state index in [1.54, 1.807) is 25.5 Å². The Kier molecular flexibility index (Phi) is 9.13. The number of rotatable bonds is 6. The molecule has 0 saturated carbocycles. The van der Waals surface area contributed by atoms with E-state index in [-0.39, 0.29) is 24.0 Å². The summed E-state index contributed by atoms with van der Waals surface area (Å²) in [4.78, 5) is 4.29. The van der Waals surface area contributed by atoms with Gasteiger partial charge in [-0.2, -0.15) is 11.3 Å². The van der Waals surface area contributed by atoms with Crippen molar-refractivity contribution in [1.29, 1.82) is 0 Å². The number of guanidine groups is 1. The standard InChI is InChI=1S/C18H25N3OS.HI/c1-13-5-6-15(17(9-13)22-4)11-21-18(19-3)20-10-14(2)16-7-8-23-12-16;/h5-9,12,14H,10-11H2,1-4H3,(H2,19,20,21);1H. The van der Waals surface area contributed by atoms with E-state index in [0.29, 0.717) is 12.5 Å². The van der Waals surface area contributed by atoms with Crippen LogP contribution in [-0.4, -0.2) is 26.7 Å². The number of nitrogens with one attached hydrogen (secondary N) is 2. The quantitative estimate of drug-likeness (QED) is 0.388. The molecule has 0 spiro atoms. The number of hydrogen-bond donors (Lipinski definition) is 2. The van der Waals surface area contributed by atoms with Gasteiger partial charge >= 0.3 is 0 Å². The van der Waals surface area contributed by atoms with Crippen molar-refractivity contribution in [2.45, 2.75) is 26.3 Å². The van der Waals surface area contributed by atoms with E-state index in [1.807, 2.05) is 6.07 Å². The number of aryl methyl sites for hydroxylation is 1. The average Bonchev–Trinajstić information content (AvgIpc) is 3.10. The Balaban J connectivity index is 0.00000288. The van der Waals surface area contributed by atoms with Gasteiger partial charge in [-0.25, -0.2) is 0 Å². The van der Waals surface area contributed by atoms with Gasteiger partial charge in [0.25, 0.3) is 0 Å². The molecule has 0 aliphatic carbocycles. The second-order valence-electron chi connectivity index (χ2n) is 5.58. The van der Waals surface area contributed by atoms with E-state index in [4.69, 9.17) is 4.74 Å². The van der Waals surface area contributed by atoms with E-state index in [2.05, 4.69) is 58.4 Å². The summed E-state index contributed by atoms with van der Waals surface area (Å²) < 4.78 is 5.44. The normalized spacial score (nSPS) is 12.2. The number of nitrogens with zero attached hydrogens (tertiary/aromatic N) is 1. The van der Waals surface area contributed by atoms with Crippen molar-refractivity contribution in [3.63, 3.8) is 0 Å². The molecule has 6 heteroatoms. The lowest BCUT2D eigenvalue weighted by atomic mass is 10.1. The van der Waals surface area contributed by atoms with Gasteiger partial charge in [-0.15, -0.1) is 24.0 Å². The highest BCUT2D eigenvalue weighted by Crippen LogP contribution is 2.19. The minimum Gasteiger partial charge on any atom is -0.496 e. The predicted molar refractivity (Wildman–Crippen MR) is 114 cm³/mol. The first-order chi connectivity index (χ1) is 11.1. The molecular weight excluding hydrogens is 433 g/mol. The molecule has 1 unspecified atom stereocenters. The number of halogens is 1. The lowest BCUT2D eigenvalue weighted by Gasteiger charge is -2.16. The molecule has 1 atom stereocenters. The molecule has 0 radical (unpaired) electrons. The first-order valence-corrected chi connectivity index (χ1v) is 8.68. The molecule has 0 amide bonds. The average molecular weight is 459 g/mol. The molecule has 24 heavy (non-hydrogen) atoms. The number of thiophene rings is 1. The van der Waals surface area contributed by atoms with Crippen LogP contribution in [0.25, 0.3) is 0 Å². The van der Waals surface area contributed by atoms with Crippen molar-refractivity contribution in [3.8, 4) is 5.75 Å². The molecule has 2 N–H and O–H groups in total. The lowest BCUT2D eigenvalue weighted by molar-refractivity contribution is 0.408. The van der Waals surface area contributed by atoms with Crippen LogP contribution in [0.3, 0.4) is 0 Å². The van der Waals surface area contributed by atoms with Crippen LogP contribution in [-0.2, 0) is 6.54 Å². The summed E-state index contributed by atoms with van der Waals surface area (Å²) in [7, 11) is 3.49. The predicted octanol–water partition coefficient (Wildman–Crippen LogP) is 4.15. The highest BCUT2D eigenvalue weighted by molar-refractivity contribution is 14.0. The number of benzene rings is 1. The van der Waals surface area contributed by atoms with Crippen LogP contribution in [0.15, 0.2) is 40.0 Å². The van der Waals surface area contributed by atoms with Crippen LogP contribution < -0.4 is 15.4 Å². The van der Waals surface area contributed by atoms with Gasteiger partial charge < -0.3 is 15.4 Å². The van der Waals surface area contributed by atoms with Gasteiger partial charge in [0.2, 0.25) is 0 Å². The monoisotopic (exact) mass is 459 g/mol. The fourth-order valence-electron chi connectivity index (χ4n) is 2.32. The van der Waals surface area contributed by atoms with Crippen LogP contribution in [0, 0.1) is 6.92 Å². The van der Waals surface area contributed by atoms with Gasteiger partial charge in [0.05, 0.1) is 7.11 Å². The molecule has 0 saturated heterocycles. The minimum atomic E-state index is 0. The molecule has 0 fully saturated rings. The van der Waals surface area contributed by atoms with Crippen molar-refractivity contribution < 1.29 is 4.74 Å². The molecule has 4 nitrogen and oxygen atoms in total. The maximum atomic E-state index is 5.44.